The molecule has 0 radical (unpaired) electrons. The Hall–Kier alpha value is -5.36. The lowest BCUT2D eigenvalue weighted by atomic mass is 9.83. The van der Waals surface area contributed by atoms with Crippen molar-refractivity contribution in [1.29, 1.82) is 0 Å². The van der Waals surface area contributed by atoms with E-state index >= 15 is 0 Å². The summed E-state index contributed by atoms with van der Waals surface area (Å²) >= 11 is 0. The molecule has 0 aliphatic carbocycles. The second kappa shape index (κ2) is 12.1. The third kappa shape index (κ3) is 5.66. The molecule has 6 heteroatoms. The van der Waals surface area contributed by atoms with Crippen LogP contribution in [0.15, 0.2) is 133 Å². The van der Waals surface area contributed by atoms with Gasteiger partial charge in [-0.05, 0) is 53.1 Å². The Bertz CT molecular complexity index is 1760. The third-order valence-electron chi connectivity index (χ3n) is 7.55. The molecule has 1 aromatic heterocycles. The highest BCUT2D eigenvalue weighted by Crippen LogP contribution is 2.49. The van der Waals surface area contributed by atoms with Crippen LogP contribution in [0.5, 0.6) is 11.5 Å². The molecule has 0 fully saturated rings. The highest BCUT2D eigenvalue weighted by atomic mass is 19.4. The van der Waals surface area contributed by atoms with Gasteiger partial charge >= 0.3 is 6.18 Å². The van der Waals surface area contributed by atoms with Crippen LogP contribution in [0.1, 0.15) is 5.56 Å². The predicted molar refractivity (Wildman–Crippen MR) is 170 cm³/mol. The Morgan fingerprint density at radius 3 is 1.16 bits per heavy atom. The lowest BCUT2D eigenvalue weighted by molar-refractivity contribution is -0.137. The molecule has 0 saturated carbocycles. The van der Waals surface area contributed by atoms with Crippen LogP contribution in [0.25, 0.3) is 55.9 Å². The van der Waals surface area contributed by atoms with Crippen molar-refractivity contribution in [2.24, 2.45) is 0 Å². The maximum absolute atomic E-state index is 13.7. The molecule has 5 aromatic carbocycles. The van der Waals surface area contributed by atoms with Crippen molar-refractivity contribution in [3.63, 3.8) is 0 Å². The van der Waals surface area contributed by atoms with Gasteiger partial charge in [0.05, 0.1) is 31.2 Å². The van der Waals surface area contributed by atoms with E-state index in [0.29, 0.717) is 28.5 Å². The molecule has 218 valence electrons. The van der Waals surface area contributed by atoms with Crippen LogP contribution in [0.3, 0.4) is 0 Å². The summed E-state index contributed by atoms with van der Waals surface area (Å²) in [4.78, 5) is 5.35. The highest BCUT2D eigenvalue weighted by Gasteiger charge is 2.31. The Labute approximate surface area is 254 Å². The maximum Gasteiger partial charge on any atom is 0.416 e. The summed E-state index contributed by atoms with van der Waals surface area (Å²) in [6, 6.07) is 40.3. The number of alkyl halides is 3. The summed E-state index contributed by atoms with van der Waals surface area (Å²) in [5, 5.41) is 0. The summed E-state index contributed by atoms with van der Waals surface area (Å²) < 4.78 is 51.9. The number of hydrogen-bond acceptors (Lipinski definition) is 3. The number of ether oxygens (including phenoxy) is 2. The summed E-state index contributed by atoms with van der Waals surface area (Å²) in [5.74, 6) is 1.38. The van der Waals surface area contributed by atoms with Crippen molar-refractivity contribution >= 4 is 0 Å². The van der Waals surface area contributed by atoms with Gasteiger partial charge in [-0.25, -0.2) is 4.98 Å². The second-order valence-electron chi connectivity index (χ2n) is 10.2. The fourth-order valence-electron chi connectivity index (χ4n) is 5.39. The average Bonchev–Trinajstić information content (AvgIpc) is 3.08. The van der Waals surface area contributed by atoms with Gasteiger partial charge < -0.3 is 9.47 Å². The summed E-state index contributed by atoms with van der Waals surface area (Å²) in [6.07, 6.45) is -4.46. The quantitative estimate of drug-likeness (QED) is 0.186. The van der Waals surface area contributed by atoms with Crippen LogP contribution in [0.4, 0.5) is 13.2 Å². The average molecular weight is 588 g/mol. The van der Waals surface area contributed by atoms with Gasteiger partial charge in [-0.2, -0.15) is 13.2 Å². The van der Waals surface area contributed by atoms with E-state index in [1.807, 2.05) is 109 Å². The number of aromatic nitrogens is 1. The van der Waals surface area contributed by atoms with E-state index in [1.54, 1.807) is 26.4 Å². The molecule has 0 aliphatic rings. The van der Waals surface area contributed by atoms with Crippen molar-refractivity contribution in [3.05, 3.63) is 139 Å². The van der Waals surface area contributed by atoms with Gasteiger partial charge in [0.15, 0.2) is 0 Å². The zero-order chi connectivity index (χ0) is 30.7. The van der Waals surface area contributed by atoms with Crippen molar-refractivity contribution < 1.29 is 22.6 Å². The van der Waals surface area contributed by atoms with Gasteiger partial charge in [0, 0.05) is 27.8 Å². The molecular weight excluding hydrogens is 559 g/mol. The molecule has 0 N–H and O–H groups in total. The first kappa shape index (κ1) is 28.7. The standard InChI is InChI=1S/C38H28F3NO2/c1-43-31-21-15-26(16-22-31)34-33(25-13-19-30(20-14-25)38(39,40)41)35(27-17-23-32(44-2)24-18-27)37(29-11-7-4-8-12-29)42-36(34)28-9-5-3-6-10-28/h3-24H,1-2H3. The Morgan fingerprint density at radius 2 is 0.795 bits per heavy atom. The number of pyridine rings is 1. The molecule has 3 nitrogen and oxygen atoms in total. The van der Waals surface area contributed by atoms with E-state index in [-0.39, 0.29) is 0 Å². The van der Waals surface area contributed by atoms with E-state index in [1.165, 1.54) is 0 Å². The minimum atomic E-state index is -4.46. The number of benzene rings is 5. The summed E-state index contributed by atoms with van der Waals surface area (Å²) in [7, 11) is 3.21. The fraction of sp³-hybridized carbons (Fsp3) is 0.0789. The van der Waals surface area contributed by atoms with Crippen LogP contribution in [0, 0.1) is 0 Å². The zero-order valence-corrected chi connectivity index (χ0v) is 24.1. The van der Waals surface area contributed by atoms with Crippen molar-refractivity contribution in [3.8, 4) is 67.4 Å². The molecule has 6 rings (SSSR count). The zero-order valence-electron chi connectivity index (χ0n) is 24.1. The van der Waals surface area contributed by atoms with Gasteiger partial charge in [0.1, 0.15) is 11.5 Å². The maximum atomic E-state index is 13.7. The minimum Gasteiger partial charge on any atom is -0.497 e. The number of halogens is 3. The molecule has 44 heavy (non-hydrogen) atoms. The van der Waals surface area contributed by atoms with Crippen molar-refractivity contribution in [2.75, 3.05) is 14.2 Å². The molecule has 0 spiro atoms. The van der Waals surface area contributed by atoms with E-state index < -0.39 is 11.7 Å². The molecule has 0 unspecified atom stereocenters. The molecule has 0 bridgehead atoms. The highest BCUT2D eigenvalue weighted by molar-refractivity contribution is 6.04. The topological polar surface area (TPSA) is 31.4 Å². The first-order chi connectivity index (χ1) is 21.4. The van der Waals surface area contributed by atoms with Gasteiger partial charge in [0.25, 0.3) is 0 Å². The first-order valence-corrected chi connectivity index (χ1v) is 14.0. The first-order valence-electron chi connectivity index (χ1n) is 14.0. The molecule has 0 saturated heterocycles. The van der Waals surface area contributed by atoms with E-state index in [2.05, 4.69) is 0 Å². The van der Waals surface area contributed by atoms with E-state index in [0.717, 1.165) is 51.1 Å². The summed E-state index contributed by atoms with van der Waals surface area (Å²) in [6.45, 7) is 0. The lowest BCUT2D eigenvalue weighted by Crippen LogP contribution is -2.05. The fourth-order valence-corrected chi connectivity index (χ4v) is 5.39. The molecular formula is C38H28F3NO2. The van der Waals surface area contributed by atoms with Gasteiger partial charge in [-0.3, -0.25) is 0 Å². The Kier molecular flexibility index (Phi) is 7.90. The number of nitrogens with zero attached hydrogens (tertiary/aromatic N) is 1. The molecule has 0 atom stereocenters. The predicted octanol–water partition coefficient (Wildman–Crippen LogP) is 10.5. The summed E-state index contributed by atoms with van der Waals surface area (Å²) in [5.41, 5.74) is 7.15. The molecule has 1 heterocycles. The van der Waals surface area contributed by atoms with Crippen LogP contribution in [-0.2, 0) is 6.18 Å². The van der Waals surface area contributed by atoms with Crippen molar-refractivity contribution in [1.82, 2.24) is 4.98 Å². The Morgan fingerprint density at radius 1 is 0.432 bits per heavy atom. The van der Waals surface area contributed by atoms with Crippen LogP contribution >= 0.6 is 0 Å². The van der Waals surface area contributed by atoms with Crippen LogP contribution in [-0.4, -0.2) is 19.2 Å². The number of hydrogen-bond donors (Lipinski definition) is 0. The van der Waals surface area contributed by atoms with E-state index in [9.17, 15) is 13.2 Å². The van der Waals surface area contributed by atoms with E-state index in [4.69, 9.17) is 14.5 Å². The second-order valence-corrected chi connectivity index (χ2v) is 10.2. The van der Waals surface area contributed by atoms with Crippen LogP contribution in [0.2, 0.25) is 0 Å². The van der Waals surface area contributed by atoms with Crippen LogP contribution < -0.4 is 9.47 Å². The molecule has 6 aromatic rings. The van der Waals surface area contributed by atoms with Gasteiger partial charge in [-0.1, -0.05) is 97.1 Å². The lowest BCUT2D eigenvalue weighted by Gasteiger charge is -2.24. The number of rotatable bonds is 7. The minimum absolute atomic E-state index is 0.631. The van der Waals surface area contributed by atoms with Crippen molar-refractivity contribution in [2.45, 2.75) is 6.18 Å². The number of methoxy groups -OCH3 is 2. The normalized spacial score (nSPS) is 11.3. The third-order valence-corrected chi connectivity index (χ3v) is 7.55. The van der Waals surface area contributed by atoms with Gasteiger partial charge in [-0.15, -0.1) is 0 Å². The molecule has 0 aliphatic heterocycles. The Balaban J connectivity index is 1.79. The smallest absolute Gasteiger partial charge is 0.416 e. The largest absolute Gasteiger partial charge is 0.497 e. The SMILES string of the molecule is COc1ccc(-c2c(-c3ccccc3)nc(-c3ccccc3)c(-c3ccc(OC)cc3)c2-c2ccc(C(F)(F)F)cc2)cc1. The monoisotopic (exact) mass is 587 g/mol. The molecule has 0 amide bonds. The van der Waals surface area contributed by atoms with Gasteiger partial charge in [0.2, 0.25) is 0 Å².